The molecule has 6 nitrogen and oxygen atoms in total. The molecule has 2 rings (SSSR count). The molecular weight excluding hydrogens is 246 g/mol. The van der Waals surface area contributed by atoms with E-state index in [0.29, 0.717) is 17.0 Å². The number of hydrogen-bond acceptors (Lipinski definition) is 5. The highest BCUT2D eigenvalue weighted by atomic mass is 16.5. The molecule has 0 fully saturated rings. The Balaban J connectivity index is 2.66. The molecule has 0 aliphatic heterocycles. The zero-order chi connectivity index (χ0) is 14.2. The van der Waals surface area contributed by atoms with Gasteiger partial charge in [0.1, 0.15) is 17.0 Å². The molecule has 2 aromatic rings. The molecule has 2 heterocycles. The van der Waals surface area contributed by atoms with E-state index in [0.717, 1.165) is 23.5 Å². The molecule has 6 heteroatoms. The average molecular weight is 263 g/mol. The summed E-state index contributed by atoms with van der Waals surface area (Å²) in [6.45, 7) is 8.30. The van der Waals surface area contributed by atoms with Gasteiger partial charge in [-0.15, -0.1) is 0 Å². The number of carbonyl (C=O) groups is 1. The third-order valence-corrected chi connectivity index (χ3v) is 3.17. The Bertz CT molecular complexity index is 625. The van der Waals surface area contributed by atoms with E-state index in [4.69, 9.17) is 9.26 Å². The number of hydrogen-bond donors (Lipinski definition) is 0. The topological polar surface area (TPSA) is 70.2 Å². The molecular formula is C13H17N3O3. The van der Waals surface area contributed by atoms with Crippen LogP contribution in [0, 0.1) is 20.8 Å². The summed E-state index contributed by atoms with van der Waals surface area (Å²) >= 11 is 0. The Kier molecular flexibility index (Phi) is 3.42. The normalized spacial score (nSPS) is 10.8. The van der Waals surface area contributed by atoms with E-state index >= 15 is 0 Å². The van der Waals surface area contributed by atoms with E-state index in [9.17, 15) is 4.79 Å². The largest absolute Gasteiger partial charge is 0.465 e. The molecule has 2 aromatic heterocycles. The van der Waals surface area contributed by atoms with E-state index < -0.39 is 5.97 Å². The van der Waals surface area contributed by atoms with Gasteiger partial charge in [-0.05, 0) is 27.7 Å². The predicted molar refractivity (Wildman–Crippen MR) is 68.9 cm³/mol. The van der Waals surface area contributed by atoms with Gasteiger partial charge in [-0.3, -0.25) is 4.68 Å². The van der Waals surface area contributed by atoms with Crippen molar-refractivity contribution in [3.8, 4) is 11.3 Å². The van der Waals surface area contributed by atoms with Crippen LogP contribution in [0.15, 0.2) is 4.52 Å². The Morgan fingerprint density at radius 3 is 2.58 bits per heavy atom. The van der Waals surface area contributed by atoms with Gasteiger partial charge in [-0.25, -0.2) is 4.79 Å². The van der Waals surface area contributed by atoms with Crippen molar-refractivity contribution in [1.82, 2.24) is 14.9 Å². The number of esters is 1. The summed E-state index contributed by atoms with van der Waals surface area (Å²) in [6, 6.07) is 0. The summed E-state index contributed by atoms with van der Waals surface area (Å²) < 4.78 is 11.8. The number of carbonyl (C=O) groups excluding carboxylic acids is 1. The van der Waals surface area contributed by atoms with Gasteiger partial charge in [0.05, 0.1) is 12.8 Å². The molecule has 0 N–H and O–H groups in total. The van der Waals surface area contributed by atoms with Crippen molar-refractivity contribution in [3.05, 3.63) is 22.7 Å². The van der Waals surface area contributed by atoms with Crippen molar-refractivity contribution < 1.29 is 14.1 Å². The second-order valence-electron chi connectivity index (χ2n) is 4.32. The first kappa shape index (κ1) is 13.3. The Morgan fingerprint density at radius 1 is 1.37 bits per heavy atom. The van der Waals surface area contributed by atoms with Gasteiger partial charge < -0.3 is 9.26 Å². The van der Waals surface area contributed by atoms with Crippen LogP contribution in [0.4, 0.5) is 0 Å². The highest BCUT2D eigenvalue weighted by Crippen LogP contribution is 2.31. The fourth-order valence-electron chi connectivity index (χ4n) is 2.23. The highest BCUT2D eigenvalue weighted by molar-refractivity contribution is 5.97. The third kappa shape index (κ3) is 2.03. The van der Waals surface area contributed by atoms with Crippen LogP contribution < -0.4 is 0 Å². The Labute approximate surface area is 111 Å². The molecule has 0 aliphatic carbocycles. The standard InChI is InChI=1S/C13H17N3O3/c1-6-16-8(3)10(7(2)14-16)12-11(13(17)18-5)9(4)19-15-12/h6H2,1-5H3. The smallest absolute Gasteiger partial charge is 0.343 e. The number of methoxy groups -OCH3 is 1. The lowest BCUT2D eigenvalue weighted by atomic mass is 10.0. The molecule has 0 amide bonds. The maximum absolute atomic E-state index is 11.8. The van der Waals surface area contributed by atoms with Crippen LogP contribution >= 0.6 is 0 Å². The first-order valence-corrected chi connectivity index (χ1v) is 6.10. The van der Waals surface area contributed by atoms with Gasteiger partial charge in [0.25, 0.3) is 0 Å². The van der Waals surface area contributed by atoms with E-state index in [1.54, 1.807) is 6.92 Å². The maximum Gasteiger partial charge on any atom is 0.343 e. The monoisotopic (exact) mass is 263 g/mol. The maximum atomic E-state index is 11.8. The molecule has 0 spiro atoms. The summed E-state index contributed by atoms with van der Waals surface area (Å²) in [7, 11) is 1.34. The van der Waals surface area contributed by atoms with Gasteiger partial charge >= 0.3 is 5.97 Å². The number of aromatic nitrogens is 3. The molecule has 0 radical (unpaired) electrons. The summed E-state index contributed by atoms with van der Waals surface area (Å²) in [4.78, 5) is 11.8. The molecule has 0 atom stereocenters. The van der Waals surface area contributed by atoms with Crippen molar-refractivity contribution in [1.29, 1.82) is 0 Å². The molecule has 0 bridgehead atoms. The van der Waals surface area contributed by atoms with Gasteiger partial charge in [0.2, 0.25) is 0 Å². The van der Waals surface area contributed by atoms with Crippen LogP contribution in [0.25, 0.3) is 11.3 Å². The SMILES string of the molecule is CCn1nc(C)c(-c2noc(C)c2C(=O)OC)c1C. The third-order valence-electron chi connectivity index (χ3n) is 3.17. The molecule has 0 unspecified atom stereocenters. The minimum Gasteiger partial charge on any atom is -0.465 e. The Morgan fingerprint density at radius 2 is 2.05 bits per heavy atom. The van der Waals surface area contributed by atoms with E-state index in [1.807, 2.05) is 25.5 Å². The van der Waals surface area contributed by atoms with Crippen LogP contribution in [-0.2, 0) is 11.3 Å². The van der Waals surface area contributed by atoms with E-state index in [-0.39, 0.29) is 0 Å². The zero-order valence-corrected chi connectivity index (χ0v) is 11.8. The van der Waals surface area contributed by atoms with Crippen molar-refractivity contribution in [2.45, 2.75) is 34.2 Å². The first-order valence-electron chi connectivity index (χ1n) is 6.10. The van der Waals surface area contributed by atoms with Crippen LogP contribution in [0.2, 0.25) is 0 Å². The van der Waals surface area contributed by atoms with Gasteiger partial charge in [0.15, 0.2) is 0 Å². The lowest BCUT2D eigenvalue weighted by molar-refractivity contribution is 0.0599. The van der Waals surface area contributed by atoms with Crippen LogP contribution in [-0.4, -0.2) is 28.0 Å². The molecule has 19 heavy (non-hydrogen) atoms. The second kappa shape index (κ2) is 4.87. The molecule has 0 saturated carbocycles. The molecule has 102 valence electrons. The lowest BCUT2D eigenvalue weighted by Gasteiger charge is -2.02. The minimum absolute atomic E-state index is 0.365. The minimum atomic E-state index is -0.447. The van der Waals surface area contributed by atoms with Gasteiger partial charge in [-0.2, -0.15) is 5.10 Å². The van der Waals surface area contributed by atoms with E-state index in [1.165, 1.54) is 7.11 Å². The van der Waals surface area contributed by atoms with Crippen LogP contribution in [0.3, 0.4) is 0 Å². The fourth-order valence-corrected chi connectivity index (χ4v) is 2.23. The summed E-state index contributed by atoms with van der Waals surface area (Å²) in [5.74, 6) is 0.00157. The molecule has 0 saturated heterocycles. The number of ether oxygens (including phenoxy) is 1. The van der Waals surface area contributed by atoms with Gasteiger partial charge in [-0.1, -0.05) is 5.16 Å². The number of aryl methyl sites for hydroxylation is 3. The zero-order valence-electron chi connectivity index (χ0n) is 11.8. The highest BCUT2D eigenvalue weighted by Gasteiger charge is 2.26. The van der Waals surface area contributed by atoms with Crippen molar-refractivity contribution in [3.63, 3.8) is 0 Å². The van der Waals surface area contributed by atoms with Crippen LogP contribution in [0.1, 0.15) is 34.4 Å². The van der Waals surface area contributed by atoms with Gasteiger partial charge in [0, 0.05) is 17.8 Å². The average Bonchev–Trinajstić information content (AvgIpc) is 2.89. The van der Waals surface area contributed by atoms with Crippen molar-refractivity contribution in [2.75, 3.05) is 7.11 Å². The number of nitrogens with zero attached hydrogens (tertiary/aromatic N) is 3. The number of rotatable bonds is 3. The molecule has 0 aromatic carbocycles. The first-order chi connectivity index (χ1) is 9.01. The van der Waals surface area contributed by atoms with Crippen LogP contribution in [0.5, 0.6) is 0 Å². The Hall–Kier alpha value is -2.11. The predicted octanol–water partition coefficient (Wildman–Crippen LogP) is 2.27. The van der Waals surface area contributed by atoms with Crippen molar-refractivity contribution in [2.24, 2.45) is 0 Å². The summed E-state index contributed by atoms with van der Waals surface area (Å²) in [5, 5.41) is 8.42. The molecule has 0 aliphatic rings. The lowest BCUT2D eigenvalue weighted by Crippen LogP contribution is -2.04. The second-order valence-corrected chi connectivity index (χ2v) is 4.32. The summed E-state index contributed by atoms with van der Waals surface area (Å²) in [5.41, 5.74) is 3.47. The van der Waals surface area contributed by atoms with E-state index in [2.05, 4.69) is 10.3 Å². The summed E-state index contributed by atoms with van der Waals surface area (Å²) in [6.07, 6.45) is 0. The van der Waals surface area contributed by atoms with Crippen molar-refractivity contribution >= 4 is 5.97 Å². The quantitative estimate of drug-likeness (QED) is 0.794. The fraction of sp³-hybridized carbons (Fsp3) is 0.462.